The Morgan fingerprint density at radius 2 is 0.845 bits per heavy atom. The molecule has 0 aromatic heterocycles. The molecule has 30 unspecified atom stereocenters. The lowest BCUT2D eigenvalue weighted by molar-refractivity contribution is -0.158. The maximum absolute atomic E-state index is 13.9. The number of fused-ring (bicyclic) bond motifs is 4. The van der Waals surface area contributed by atoms with Gasteiger partial charge >= 0.3 is 11.9 Å². The van der Waals surface area contributed by atoms with Gasteiger partial charge in [0.25, 0.3) is 0 Å². The Balaban J connectivity index is 1.36. The number of rotatable bonds is 15. The van der Waals surface area contributed by atoms with Gasteiger partial charge in [0.2, 0.25) is 0 Å². The first-order valence-electron chi connectivity index (χ1n) is 36.7. The molecule has 0 saturated carbocycles. The number of allylic oxidation sites excluding steroid dienone is 4. The zero-order valence-corrected chi connectivity index (χ0v) is 61.3. The highest BCUT2D eigenvalue weighted by Crippen LogP contribution is 2.37. The Hall–Kier alpha value is -3.26. The fraction of sp³-hybridized carbons (Fsp3) is 0.818. The molecule has 558 valence electrons. The molecule has 0 aliphatic carbocycles. The van der Waals surface area contributed by atoms with Gasteiger partial charge in [0.05, 0.1) is 122 Å². The van der Waals surface area contributed by atoms with Crippen LogP contribution in [-0.2, 0) is 52.2 Å². The lowest BCUT2D eigenvalue weighted by Gasteiger charge is -2.38. The number of aliphatic hydroxyl groups excluding tert-OH is 9. The zero-order chi connectivity index (χ0) is 71.8. The lowest BCUT2D eigenvalue weighted by Crippen LogP contribution is -2.45. The van der Waals surface area contributed by atoms with Crippen molar-refractivity contribution in [1.82, 2.24) is 0 Å². The van der Waals surface area contributed by atoms with E-state index >= 15 is 0 Å². The Labute approximate surface area is 581 Å². The summed E-state index contributed by atoms with van der Waals surface area (Å²) in [5.74, 6) is -5.62. The SMILES string of the molecule is COC1CC(C)OC(CCC(C)C(O)C(C)C2OC(=O)/C=C\C(C)=C\CC(O)CC3C=CCC(CC(OC)C(C)C(O)CC(O)C(C)C(C(C)C(O)C(C)CCC4CC(O)CC(C)O4)OC(=O)/C=C\C(C)=C\CC(O)CC4C=CCC(CC(OC)C(C)C(O)CC(O)C2C)O4)O3)C1. The van der Waals surface area contributed by atoms with Crippen LogP contribution in [0, 0.1) is 47.3 Å². The van der Waals surface area contributed by atoms with Crippen LogP contribution in [0.3, 0.4) is 0 Å². The quantitative estimate of drug-likeness (QED) is 0.0544. The third-order valence-electron chi connectivity index (χ3n) is 21.9. The van der Waals surface area contributed by atoms with Gasteiger partial charge in [-0.2, -0.15) is 0 Å². The first-order chi connectivity index (χ1) is 45.9. The molecule has 2 saturated heterocycles. The van der Waals surface area contributed by atoms with E-state index in [1.54, 1.807) is 61.2 Å². The molecule has 5 aliphatic rings. The van der Waals surface area contributed by atoms with Crippen LogP contribution >= 0.6 is 0 Å². The van der Waals surface area contributed by atoms with Crippen LogP contribution in [0.25, 0.3) is 0 Å². The van der Waals surface area contributed by atoms with Crippen molar-refractivity contribution >= 4 is 11.9 Å². The van der Waals surface area contributed by atoms with Crippen molar-refractivity contribution in [2.45, 2.75) is 333 Å². The molecule has 5 rings (SSSR count). The van der Waals surface area contributed by atoms with Crippen LogP contribution < -0.4 is 0 Å². The van der Waals surface area contributed by atoms with Crippen LogP contribution in [-0.4, -0.2) is 214 Å². The molecule has 97 heavy (non-hydrogen) atoms. The average Bonchev–Trinajstić information content (AvgIpc) is 0.908. The number of hydrogen-bond acceptors (Lipinski definition) is 20. The van der Waals surface area contributed by atoms with Crippen molar-refractivity contribution in [1.29, 1.82) is 0 Å². The van der Waals surface area contributed by atoms with Gasteiger partial charge in [-0.15, -0.1) is 0 Å². The summed E-state index contributed by atoms with van der Waals surface area (Å²) in [6.07, 6.45) is 12.4. The van der Waals surface area contributed by atoms with E-state index in [0.717, 1.165) is 12.8 Å². The minimum Gasteiger partial charge on any atom is -0.458 e. The second-order valence-corrected chi connectivity index (χ2v) is 30.1. The molecule has 2 fully saturated rings. The Morgan fingerprint density at radius 3 is 1.24 bits per heavy atom. The van der Waals surface area contributed by atoms with Gasteiger partial charge in [-0.05, 0) is 129 Å². The number of cyclic esters (lactones) is 2. The fourth-order valence-corrected chi connectivity index (χ4v) is 15.2. The molecular weight excluding hydrogens is 1240 g/mol. The van der Waals surface area contributed by atoms with Gasteiger partial charge in [-0.3, -0.25) is 0 Å². The van der Waals surface area contributed by atoms with Gasteiger partial charge in [0, 0.05) is 94.7 Å². The summed E-state index contributed by atoms with van der Waals surface area (Å²) in [5.41, 5.74) is 1.37. The minimum absolute atomic E-state index is 0.0308. The maximum Gasteiger partial charge on any atom is 0.331 e. The number of esters is 2. The monoisotopic (exact) mass is 1370 g/mol. The molecule has 5 heterocycles. The molecule has 9 N–H and O–H groups in total. The van der Waals surface area contributed by atoms with Gasteiger partial charge in [-0.25, -0.2) is 9.59 Å². The van der Waals surface area contributed by atoms with Crippen molar-refractivity contribution in [2.24, 2.45) is 47.3 Å². The predicted octanol–water partition coefficient (Wildman–Crippen LogP) is 9.45. The Morgan fingerprint density at radius 1 is 0.454 bits per heavy atom. The molecule has 0 aromatic carbocycles. The predicted molar refractivity (Wildman–Crippen MR) is 373 cm³/mol. The summed E-state index contributed by atoms with van der Waals surface area (Å²) >= 11 is 0. The summed E-state index contributed by atoms with van der Waals surface area (Å²) in [6.45, 7) is 22.3. The number of ether oxygens (including phenoxy) is 9. The molecule has 0 spiro atoms. The molecule has 0 radical (unpaired) electrons. The minimum atomic E-state index is -1.18. The summed E-state index contributed by atoms with van der Waals surface area (Å²) in [7, 11) is 4.86. The van der Waals surface area contributed by atoms with Crippen molar-refractivity contribution in [3.8, 4) is 0 Å². The first kappa shape index (κ1) is 84.4. The van der Waals surface area contributed by atoms with E-state index in [0.29, 0.717) is 75.4 Å². The average molecular weight is 1380 g/mol. The standard InChI is InChI=1S/C77H130O20/c1-44-22-28-56(78)36-59-19-17-21-62(95-59)41-71(91-15)51(8)67(82)43-69(84)53(10)77(55(12)75(88)47(4)27-31-64-39-65(89-13)35-49(6)93-64)97-73(86)33-25-45(2)23-29-57(79)37-60-18-16-20-61(94-60)40-70(90-14)50(7)66(81)42-68(83)52(9)76(96-72(85)32-24-44)54(11)74(87)46(3)26-30-63-38-58(80)34-48(5)92-63/h16-19,22-25,32-33,46-71,74-84,87-88H,20-21,26-31,34-43H2,1-15H3/b32-24-,33-25-,44-22+,45-23+. The summed E-state index contributed by atoms with van der Waals surface area (Å²) < 4.78 is 55.4. The normalized spacial score (nSPS) is 41.4. The number of methoxy groups -OCH3 is 3. The third kappa shape index (κ3) is 28.1. The zero-order valence-electron chi connectivity index (χ0n) is 61.3. The highest BCUT2D eigenvalue weighted by molar-refractivity contribution is 5.83. The van der Waals surface area contributed by atoms with E-state index in [-0.39, 0.29) is 93.1 Å². The fourth-order valence-electron chi connectivity index (χ4n) is 15.2. The van der Waals surface area contributed by atoms with E-state index in [9.17, 15) is 55.5 Å². The van der Waals surface area contributed by atoms with Crippen molar-refractivity contribution in [3.63, 3.8) is 0 Å². The molecule has 20 heteroatoms. The Bertz CT molecular complexity index is 2460. The van der Waals surface area contributed by atoms with Crippen molar-refractivity contribution in [3.05, 3.63) is 71.9 Å². The van der Waals surface area contributed by atoms with Crippen LogP contribution in [0.15, 0.2) is 71.9 Å². The van der Waals surface area contributed by atoms with Gasteiger partial charge in [0.15, 0.2) is 0 Å². The summed E-state index contributed by atoms with van der Waals surface area (Å²) in [6, 6.07) is 0. The highest BCUT2D eigenvalue weighted by atomic mass is 16.6. The molecular formula is C77H130O20. The van der Waals surface area contributed by atoms with Gasteiger partial charge in [0.1, 0.15) is 12.2 Å². The van der Waals surface area contributed by atoms with Crippen molar-refractivity contribution in [2.75, 3.05) is 21.3 Å². The van der Waals surface area contributed by atoms with E-state index in [2.05, 4.69) is 0 Å². The summed E-state index contributed by atoms with van der Waals surface area (Å²) in [4.78, 5) is 27.8. The van der Waals surface area contributed by atoms with Crippen LogP contribution in [0.2, 0.25) is 0 Å². The van der Waals surface area contributed by atoms with E-state index in [4.69, 9.17) is 42.6 Å². The van der Waals surface area contributed by atoms with E-state index in [1.807, 2.05) is 91.8 Å². The smallest absolute Gasteiger partial charge is 0.331 e. The summed E-state index contributed by atoms with van der Waals surface area (Å²) in [5, 5.41) is 105. The molecule has 5 aliphatic heterocycles. The van der Waals surface area contributed by atoms with E-state index < -0.39 is 139 Å². The molecule has 4 bridgehead atoms. The van der Waals surface area contributed by atoms with E-state index in [1.165, 1.54) is 12.2 Å². The van der Waals surface area contributed by atoms with Crippen molar-refractivity contribution < 1.29 is 98.2 Å². The second kappa shape index (κ2) is 42.4. The molecule has 0 amide bonds. The second-order valence-electron chi connectivity index (χ2n) is 30.1. The van der Waals surface area contributed by atoms with Crippen LogP contribution in [0.5, 0.6) is 0 Å². The molecule has 0 aromatic rings. The topological polar surface area (TPSA) is 299 Å². The lowest BCUT2D eigenvalue weighted by atomic mass is 9.78. The Kier molecular flexibility index (Phi) is 36.9. The third-order valence-corrected chi connectivity index (χ3v) is 21.9. The number of carbonyl (C=O) groups is 2. The first-order valence-corrected chi connectivity index (χ1v) is 36.7. The maximum atomic E-state index is 13.9. The molecule has 20 nitrogen and oxygen atoms in total. The largest absolute Gasteiger partial charge is 0.458 e. The van der Waals surface area contributed by atoms with Crippen LogP contribution in [0.4, 0.5) is 0 Å². The molecule has 30 atom stereocenters. The highest BCUT2D eigenvalue weighted by Gasteiger charge is 2.42. The number of aliphatic hydroxyl groups is 9. The van der Waals surface area contributed by atoms with Crippen LogP contribution in [0.1, 0.15) is 199 Å². The van der Waals surface area contributed by atoms with Gasteiger partial charge in [-0.1, -0.05) is 115 Å². The van der Waals surface area contributed by atoms with Gasteiger partial charge < -0.3 is 88.6 Å². The number of carbonyl (C=O) groups excluding carboxylic acids is 2. The number of hydrogen-bond donors (Lipinski definition) is 9.